The number of para-hydroxylation sites is 1. The van der Waals surface area contributed by atoms with Gasteiger partial charge in [0, 0.05) is 12.4 Å². The highest BCUT2D eigenvalue weighted by Gasteiger charge is 2.17. The van der Waals surface area contributed by atoms with Gasteiger partial charge in [0.05, 0.1) is 16.3 Å². The Labute approximate surface area is 129 Å². The van der Waals surface area contributed by atoms with E-state index in [0.717, 1.165) is 23.5 Å². The maximum absolute atomic E-state index is 4.79. The molecule has 4 heteroatoms. The second-order valence-electron chi connectivity index (χ2n) is 5.14. The first kappa shape index (κ1) is 14.2. The van der Waals surface area contributed by atoms with Gasteiger partial charge in [-0.2, -0.15) is 0 Å². The molecule has 2 heterocycles. The SMILES string of the molecule is CCNC(Cc1cnccc1C)c1nc2ccccc2s1. The number of aryl methyl sites for hydroxylation is 1. The topological polar surface area (TPSA) is 37.8 Å². The summed E-state index contributed by atoms with van der Waals surface area (Å²) < 4.78 is 1.25. The van der Waals surface area contributed by atoms with E-state index in [4.69, 9.17) is 4.98 Å². The highest BCUT2D eigenvalue weighted by atomic mass is 32.1. The van der Waals surface area contributed by atoms with E-state index < -0.39 is 0 Å². The molecule has 0 radical (unpaired) electrons. The summed E-state index contributed by atoms with van der Waals surface area (Å²) >= 11 is 1.78. The Morgan fingerprint density at radius 3 is 2.86 bits per heavy atom. The van der Waals surface area contributed by atoms with E-state index in [9.17, 15) is 0 Å². The maximum Gasteiger partial charge on any atom is 0.111 e. The van der Waals surface area contributed by atoms with Gasteiger partial charge in [0.2, 0.25) is 0 Å². The lowest BCUT2D eigenvalue weighted by atomic mass is 10.0. The molecule has 0 spiro atoms. The van der Waals surface area contributed by atoms with Crippen molar-refractivity contribution in [3.63, 3.8) is 0 Å². The number of hydrogen-bond donors (Lipinski definition) is 1. The van der Waals surface area contributed by atoms with E-state index in [-0.39, 0.29) is 6.04 Å². The molecular weight excluding hydrogens is 278 g/mol. The van der Waals surface area contributed by atoms with Gasteiger partial charge in [0.15, 0.2) is 0 Å². The molecule has 1 atom stereocenters. The van der Waals surface area contributed by atoms with Crippen molar-refractivity contribution in [3.05, 3.63) is 58.9 Å². The molecule has 108 valence electrons. The Balaban J connectivity index is 1.92. The summed E-state index contributed by atoms with van der Waals surface area (Å²) in [7, 11) is 0. The molecule has 0 fully saturated rings. The third-order valence-corrected chi connectivity index (χ3v) is 4.78. The van der Waals surface area contributed by atoms with Crippen LogP contribution in [0.5, 0.6) is 0 Å². The van der Waals surface area contributed by atoms with Crippen molar-refractivity contribution in [3.8, 4) is 0 Å². The zero-order chi connectivity index (χ0) is 14.7. The number of thiazole rings is 1. The van der Waals surface area contributed by atoms with E-state index >= 15 is 0 Å². The third-order valence-electron chi connectivity index (χ3n) is 3.63. The molecule has 1 aromatic carbocycles. The molecule has 0 aliphatic carbocycles. The van der Waals surface area contributed by atoms with E-state index in [1.807, 2.05) is 18.5 Å². The van der Waals surface area contributed by atoms with Gasteiger partial charge < -0.3 is 5.32 Å². The van der Waals surface area contributed by atoms with Crippen LogP contribution in [0.3, 0.4) is 0 Å². The Hall–Kier alpha value is -1.78. The number of benzene rings is 1. The van der Waals surface area contributed by atoms with Crippen molar-refractivity contribution in [2.45, 2.75) is 26.3 Å². The highest BCUT2D eigenvalue weighted by molar-refractivity contribution is 7.18. The predicted molar refractivity (Wildman–Crippen MR) is 88.7 cm³/mol. The van der Waals surface area contributed by atoms with Gasteiger partial charge in [-0.15, -0.1) is 11.3 Å². The van der Waals surface area contributed by atoms with Crippen LogP contribution >= 0.6 is 11.3 Å². The minimum atomic E-state index is 0.246. The molecule has 2 aromatic heterocycles. The van der Waals surface area contributed by atoms with Gasteiger partial charge in [-0.1, -0.05) is 19.1 Å². The zero-order valence-corrected chi connectivity index (χ0v) is 13.2. The average molecular weight is 297 g/mol. The summed E-state index contributed by atoms with van der Waals surface area (Å²) in [4.78, 5) is 9.04. The normalized spacial score (nSPS) is 12.7. The Morgan fingerprint density at radius 2 is 2.10 bits per heavy atom. The molecule has 0 aliphatic rings. The fourth-order valence-corrected chi connectivity index (χ4v) is 3.51. The van der Waals surface area contributed by atoms with Crippen LogP contribution in [0.2, 0.25) is 0 Å². The second kappa shape index (κ2) is 6.33. The molecule has 0 aliphatic heterocycles. The highest BCUT2D eigenvalue weighted by Crippen LogP contribution is 2.28. The van der Waals surface area contributed by atoms with E-state index in [1.165, 1.54) is 15.8 Å². The first-order valence-electron chi connectivity index (χ1n) is 7.26. The fraction of sp³-hybridized carbons (Fsp3) is 0.294. The summed E-state index contributed by atoms with van der Waals surface area (Å²) in [5.74, 6) is 0. The van der Waals surface area contributed by atoms with Crippen LogP contribution in [0.15, 0.2) is 42.7 Å². The van der Waals surface area contributed by atoms with Crippen molar-refractivity contribution in [1.29, 1.82) is 0 Å². The number of likely N-dealkylation sites (N-methyl/N-ethyl adjacent to an activating group) is 1. The number of hydrogen-bond acceptors (Lipinski definition) is 4. The molecule has 0 saturated carbocycles. The number of nitrogens with one attached hydrogen (secondary N) is 1. The zero-order valence-electron chi connectivity index (χ0n) is 12.3. The largest absolute Gasteiger partial charge is 0.308 e. The predicted octanol–water partition coefficient (Wildman–Crippen LogP) is 3.89. The van der Waals surface area contributed by atoms with Crippen molar-refractivity contribution in [2.24, 2.45) is 0 Å². The van der Waals surface area contributed by atoms with Gasteiger partial charge in [0.25, 0.3) is 0 Å². The Morgan fingerprint density at radius 1 is 1.24 bits per heavy atom. The quantitative estimate of drug-likeness (QED) is 0.776. The van der Waals surface area contributed by atoms with E-state index in [1.54, 1.807) is 11.3 Å². The summed E-state index contributed by atoms with van der Waals surface area (Å²) in [5.41, 5.74) is 3.65. The number of pyridine rings is 1. The fourth-order valence-electron chi connectivity index (χ4n) is 2.46. The smallest absolute Gasteiger partial charge is 0.111 e. The van der Waals surface area contributed by atoms with E-state index in [2.05, 4.69) is 48.4 Å². The number of fused-ring (bicyclic) bond motifs is 1. The molecule has 1 N–H and O–H groups in total. The van der Waals surface area contributed by atoms with Crippen LogP contribution in [0, 0.1) is 6.92 Å². The third kappa shape index (κ3) is 3.12. The minimum absolute atomic E-state index is 0.246. The molecule has 0 amide bonds. The van der Waals surface area contributed by atoms with Gasteiger partial charge >= 0.3 is 0 Å². The van der Waals surface area contributed by atoms with Crippen molar-refractivity contribution < 1.29 is 0 Å². The molecule has 21 heavy (non-hydrogen) atoms. The number of rotatable bonds is 5. The van der Waals surface area contributed by atoms with Crippen LogP contribution < -0.4 is 5.32 Å². The molecule has 0 bridgehead atoms. The summed E-state index contributed by atoms with van der Waals surface area (Å²) in [6.45, 7) is 5.20. The lowest BCUT2D eigenvalue weighted by Crippen LogP contribution is -2.23. The van der Waals surface area contributed by atoms with Crippen LogP contribution in [0.1, 0.15) is 29.1 Å². The first-order valence-corrected chi connectivity index (χ1v) is 8.08. The lowest BCUT2D eigenvalue weighted by Gasteiger charge is -2.16. The lowest BCUT2D eigenvalue weighted by molar-refractivity contribution is 0.546. The molecule has 1 unspecified atom stereocenters. The average Bonchev–Trinajstić information content (AvgIpc) is 2.93. The maximum atomic E-state index is 4.79. The standard InChI is InChI=1S/C17H19N3S/c1-3-19-15(10-13-11-18-9-8-12(13)2)17-20-14-6-4-5-7-16(14)21-17/h4-9,11,15,19H,3,10H2,1-2H3. The van der Waals surface area contributed by atoms with Crippen molar-refractivity contribution in [2.75, 3.05) is 6.54 Å². The number of aromatic nitrogens is 2. The van der Waals surface area contributed by atoms with E-state index in [0.29, 0.717) is 0 Å². The van der Waals surface area contributed by atoms with Crippen LogP contribution in [-0.2, 0) is 6.42 Å². The Kier molecular flexibility index (Phi) is 4.27. The summed E-state index contributed by atoms with van der Waals surface area (Å²) in [6.07, 6.45) is 4.74. The van der Waals surface area contributed by atoms with Gasteiger partial charge in [-0.05, 0) is 49.2 Å². The molecular formula is C17H19N3S. The van der Waals surface area contributed by atoms with Crippen LogP contribution in [-0.4, -0.2) is 16.5 Å². The van der Waals surface area contributed by atoms with Gasteiger partial charge in [0.1, 0.15) is 5.01 Å². The molecule has 3 aromatic rings. The monoisotopic (exact) mass is 297 g/mol. The molecule has 3 nitrogen and oxygen atoms in total. The van der Waals surface area contributed by atoms with Gasteiger partial charge in [-0.3, -0.25) is 4.98 Å². The summed E-state index contributed by atoms with van der Waals surface area (Å²) in [5, 5.41) is 4.71. The first-order chi connectivity index (χ1) is 10.3. The van der Waals surface area contributed by atoms with Gasteiger partial charge in [-0.25, -0.2) is 4.98 Å². The minimum Gasteiger partial charge on any atom is -0.308 e. The summed E-state index contributed by atoms with van der Waals surface area (Å²) in [6, 6.07) is 10.6. The second-order valence-corrected chi connectivity index (χ2v) is 6.20. The number of nitrogens with zero attached hydrogens (tertiary/aromatic N) is 2. The van der Waals surface area contributed by atoms with Crippen LogP contribution in [0.25, 0.3) is 10.2 Å². The van der Waals surface area contributed by atoms with Crippen molar-refractivity contribution >= 4 is 21.6 Å². The Bertz CT molecular complexity index is 702. The molecule has 3 rings (SSSR count). The van der Waals surface area contributed by atoms with Crippen molar-refractivity contribution in [1.82, 2.24) is 15.3 Å². The van der Waals surface area contributed by atoms with Crippen LogP contribution in [0.4, 0.5) is 0 Å². The molecule has 0 saturated heterocycles.